The molecule has 0 bridgehead atoms. The monoisotopic (exact) mass is 307 g/mol. The van der Waals surface area contributed by atoms with Crippen LogP contribution in [0.2, 0.25) is 5.02 Å². The summed E-state index contributed by atoms with van der Waals surface area (Å²) in [6.07, 6.45) is 1.99. The normalized spacial score (nSPS) is 11.0. The zero-order valence-electron chi connectivity index (χ0n) is 13.2. The average Bonchev–Trinajstić information content (AvgIpc) is 2.80. The van der Waals surface area contributed by atoms with E-state index in [4.69, 9.17) is 16.3 Å². The van der Waals surface area contributed by atoms with Crippen molar-refractivity contribution in [2.24, 2.45) is 5.92 Å². The maximum Gasteiger partial charge on any atom is 0.207 e. The quantitative estimate of drug-likeness (QED) is 0.899. The Bertz CT molecular complexity index is 635. The molecule has 0 aliphatic rings. The molecule has 0 spiro atoms. The molecule has 2 rings (SSSR count). The van der Waals surface area contributed by atoms with Gasteiger partial charge in [-0.1, -0.05) is 25.4 Å². The molecule has 4 nitrogen and oxygen atoms in total. The molecule has 0 saturated carbocycles. The summed E-state index contributed by atoms with van der Waals surface area (Å²) in [5.74, 6) is 2.10. The molecule has 2 aromatic rings. The fourth-order valence-electron chi connectivity index (χ4n) is 2.10. The molecule has 0 saturated heterocycles. The predicted molar refractivity (Wildman–Crippen MR) is 87.9 cm³/mol. The van der Waals surface area contributed by atoms with Crippen LogP contribution in [0.25, 0.3) is 5.69 Å². The Morgan fingerprint density at radius 3 is 2.67 bits per heavy atom. The largest absolute Gasteiger partial charge is 0.495 e. The maximum atomic E-state index is 6.18. The van der Waals surface area contributed by atoms with Gasteiger partial charge in [-0.3, -0.25) is 4.57 Å². The van der Waals surface area contributed by atoms with E-state index in [9.17, 15) is 0 Å². The Hall–Kier alpha value is -1.68. The van der Waals surface area contributed by atoms with Crippen LogP contribution in [0.5, 0.6) is 5.75 Å². The Morgan fingerprint density at radius 1 is 1.33 bits per heavy atom. The van der Waals surface area contributed by atoms with Crippen molar-refractivity contribution < 1.29 is 4.74 Å². The maximum absolute atomic E-state index is 6.18. The number of benzene rings is 1. The van der Waals surface area contributed by atoms with Crippen molar-refractivity contribution >= 4 is 17.5 Å². The number of nitrogens with zero attached hydrogens (tertiary/aromatic N) is 2. The number of methoxy groups -OCH3 is 1. The first-order valence-electron chi connectivity index (χ1n) is 7.06. The lowest BCUT2D eigenvalue weighted by Gasteiger charge is -2.15. The topological polar surface area (TPSA) is 39.1 Å². The van der Waals surface area contributed by atoms with Crippen molar-refractivity contribution in [2.45, 2.75) is 27.7 Å². The summed E-state index contributed by atoms with van der Waals surface area (Å²) in [6, 6.07) is 3.86. The van der Waals surface area contributed by atoms with Crippen molar-refractivity contribution in [3.8, 4) is 11.4 Å². The second-order valence-corrected chi connectivity index (χ2v) is 6.03. The Morgan fingerprint density at radius 2 is 2.05 bits per heavy atom. The minimum atomic E-state index is 0.546. The molecular formula is C16H22ClN3O. The van der Waals surface area contributed by atoms with E-state index in [1.54, 1.807) is 7.11 Å². The first kappa shape index (κ1) is 15.7. The van der Waals surface area contributed by atoms with Gasteiger partial charge in [0.25, 0.3) is 0 Å². The third kappa shape index (κ3) is 3.50. The Kier molecular flexibility index (Phi) is 4.78. The van der Waals surface area contributed by atoms with Crippen molar-refractivity contribution in [2.75, 3.05) is 19.0 Å². The van der Waals surface area contributed by atoms with Gasteiger partial charge < -0.3 is 10.1 Å². The summed E-state index contributed by atoms with van der Waals surface area (Å²) in [4.78, 5) is 4.55. The Balaban J connectivity index is 2.48. The van der Waals surface area contributed by atoms with Crippen molar-refractivity contribution in [3.63, 3.8) is 0 Å². The second-order valence-electron chi connectivity index (χ2n) is 5.62. The van der Waals surface area contributed by atoms with Crippen LogP contribution in [0.15, 0.2) is 18.3 Å². The van der Waals surface area contributed by atoms with Gasteiger partial charge in [0.2, 0.25) is 5.95 Å². The van der Waals surface area contributed by atoms with Crippen LogP contribution in [0.4, 0.5) is 5.95 Å². The zero-order valence-corrected chi connectivity index (χ0v) is 14.0. The lowest BCUT2D eigenvalue weighted by Crippen LogP contribution is -2.12. The number of aromatic nitrogens is 2. The molecule has 0 fully saturated rings. The molecule has 1 aromatic carbocycles. The highest BCUT2D eigenvalue weighted by molar-refractivity contribution is 6.31. The lowest BCUT2D eigenvalue weighted by molar-refractivity contribution is 0.413. The van der Waals surface area contributed by atoms with Crippen LogP contribution >= 0.6 is 11.6 Å². The van der Waals surface area contributed by atoms with Gasteiger partial charge in [0, 0.05) is 23.8 Å². The highest BCUT2D eigenvalue weighted by atomic mass is 35.5. The van der Waals surface area contributed by atoms with E-state index in [-0.39, 0.29) is 0 Å². The van der Waals surface area contributed by atoms with Gasteiger partial charge >= 0.3 is 0 Å². The first-order valence-corrected chi connectivity index (χ1v) is 7.44. The number of anilines is 1. The minimum Gasteiger partial charge on any atom is -0.495 e. The van der Waals surface area contributed by atoms with Gasteiger partial charge in [-0.2, -0.15) is 0 Å². The SMILES string of the molecule is COc1cc(Cl)c(C)cc1-n1cc(C)nc1NCC(C)C. The molecule has 21 heavy (non-hydrogen) atoms. The van der Waals surface area contributed by atoms with Crippen LogP contribution in [-0.2, 0) is 0 Å². The van der Waals surface area contributed by atoms with Crippen molar-refractivity contribution in [3.05, 3.63) is 34.6 Å². The van der Waals surface area contributed by atoms with Gasteiger partial charge in [0.15, 0.2) is 0 Å². The van der Waals surface area contributed by atoms with E-state index in [0.29, 0.717) is 10.9 Å². The second kappa shape index (κ2) is 6.39. The third-order valence-corrected chi connectivity index (χ3v) is 3.62. The van der Waals surface area contributed by atoms with E-state index in [1.165, 1.54) is 0 Å². The molecular weight excluding hydrogens is 286 g/mol. The van der Waals surface area contributed by atoms with Crippen LogP contribution in [0, 0.1) is 19.8 Å². The van der Waals surface area contributed by atoms with Gasteiger partial charge in [-0.15, -0.1) is 0 Å². The van der Waals surface area contributed by atoms with E-state index >= 15 is 0 Å². The predicted octanol–water partition coefficient (Wildman–Crippen LogP) is 4.22. The molecule has 1 aromatic heterocycles. The highest BCUT2D eigenvalue weighted by Crippen LogP contribution is 2.31. The van der Waals surface area contributed by atoms with Crippen molar-refractivity contribution in [1.82, 2.24) is 9.55 Å². The molecule has 0 amide bonds. The molecule has 1 N–H and O–H groups in total. The summed E-state index contributed by atoms with van der Waals surface area (Å²) in [5.41, 5.74) is 2.90. The Labute approximate surface area is 131 Å². The van der Waals surface area contributed by atoms with Gasteiger partial charge in [-0.05, 0) is 31.4 Å². The summed E-state index contributed by atoms with van der Waals surface area (Å²) in [6.45, 7) is 9.16. The van der Waals surface area contributed by atoms with E-state index < -0.39 is 0 Å². The number of halogens is 1. The van der Waals surface area contributed by atoms with Gasteiger partial charge in [-0.25, -0.2) is 4.98 Å². The fraction of sp³-hybridized carbons (Fsp3) is 0.438. The van der Waals surface area contributed by atoms with E-state index in [1.807, 2.05) is 36.7 Å². The van der Waals surface area contributed by atoms with E-state index in [0.717, 1.165) is 35.2 Å². The van der Waals surface area contributed by atoms with Crippen LogP contribution < -0.4 is 10.1 Å². The summed E-state index contributed by atoms with van der Waals surface area (Å²) in [5, 5.41) is 4.08. The van der Waals surface area contributed by atoms with Crippen LogP contribution in [-0.4, -0.2) is 23.2 Å². The van der Waals surface area contributed by atoms with Crippen molar-refractivity contribution in [1.29, 1.82) is 0 Å². The lowest BCUT2D eigenvalue weighted by atomic mass is 10.2. The summed E-state index contributed by atoms with van der Waals surface area (Å²) in [7, 11) is 1.65. The van der Waals surface area contributed by atoms with E-state index in [2.05, 4.69) is 24.1 Å². The summed E-state index contributed by atoms with van der Waals surface area (Å²) < 4.78 is 7.48. The number of ether oxygens (including phenoxy) is 1. The number of rotatable bonds is 5. The molecule has 0 aliphatic heterocycles. The van der Waals surface area contributed by atoms with Gasteiger partial charge in [0.1, 0.15) is 5.75 Å². The highest BCUT2D eigenvalue weighted by Gasteiger charge is 2.14. The molecule has 0 radical (unpaired) electrons. The van der Waals surface area contributed by atoms with Crippen LogP contribution in [0.3, 0.4) is 0 Å². The summed E-state index contributed by atoms with van der Waals surface area (Å²) >= 11 is 6.18. The van der Waals surface area contributed by atoms with Crippen LogP contribution in [0.1, 0.15) is 25.1 Å². The molecule has 1 heterocycles. The number of hydrogen-bond acceptors (Lipinski definition) is 3. The molecule has 0 atom stereocenters. The smallest absolute Gasteiger partial charge is 0.207 e. The molecule has 0 aliphatic carbocycles. The minimum absolute atomic E-state index is 0.546. The number of hydrogen-bond donors (Lipinski definition) is 1. The number of nitrogens with one attached hydrogen (secondary N) is 1. The fourth-order valence-corrected chi connectivity index (χ4v) is 2.25. The number of imidazole rings is 1. The molecule has 114 valence electrons. The molecule has 5 heteroatoms. The average molecular weight is 308 g/mol. The first-order chi connectivity index (χ1) is 9.92. The molecule has 0 unspecified atom stereocenters. The standard InChI is InChI=1S/C16H22ClN3O/c1-10(2)8-18-16-19-12(4)9-20(16)14-6-11(3)13(17)7-15(14)21-5/h6-7,9-10H,8H2,1-5H3,(H,18,19). The van der Waals surface area contributed by atoms with Gasteiger partial charge in [0.05, 0.1) is 18.5 Å². The number of aryl methyl sites for hydroxylation is 2. The third-order valence-electron chi connectivity index (χ3n) is 3.21. The zero-order chi connectivity index (χ0) is 15.6.